The molecule has 5 aliphatic heterocycles. The summed E-state index contributed by atoms with van der Waals surface area (Å²) in [5, 5.41) is 37.3. The largest absolute Gasteiger partial charge is 0.391 e. The van der Waals surface area contributed by atoms with Crippen LogP contribution in [0.5, 0.6) is 0 Å². The minimum atomic E-state index is -1.21. The number of nitrogens with one attached hydrogen (secondary N) is 10. The van der Waals surface area contributed by atoms with E-state index in [1.165, 1.54) is 42.1 Å². The van der Waals surface area contributed by atoms with Gasteiger partial charge in [0, 0.05) is 131 Å². The molecule has 10 amide bonds. The first-order chi connectivity index (χ1) is 45.3. The third-order valence-corrected chi connectivity index (χ3v) is 18.3. The molecule has 0 spiro atoms. The quantitative estimate of drug-likeness (QED) is 0.167. The number of rotatable bonds is 5. The second kappa shape index (κ2) is 46.4. The molecule has 5 aliphatic rings. The fourth-order valence-electron chi connectivity index (χ4n) is 8.39. The zero-order valence-electron chi connectivity index (χ0n) is 57.0. The molecular formula is C65H107N15O13S3. The Bertz CT molecular complexity index is 2790. The number of nitrogens with two attached hydrogens (primary N) is 5. The maximum atomic E-state index is 12.2. The predicted octanol–water partition coefficient (Wildman–Crippen LogP) is -1.04. The Hall–Kier alpha value is -6.81. The van der Waals surface area contributed by atoms with Crippen LogP contribution in [-0.2, 0) is 63.5 Å². The number of aliphatic hydroxyl groups excluding tert-OH is 1. The summed E-state index contributed by atoms with van der Waals surface area (Å²) in [5.74, 6) is 0.768. The molecule has 538 valence electrons. The van der Waals surface area contributed by atoms with Gasteiger partial charge in [0.15, 0.2) is 0 Å². The number of hydrogen-bond donors (Lipinski definition) is 16. The van der Waals surface area contributed by atoms with Crippen molar-refractivity contribution in [1.82, 2.24) is 47.9 Å². The van der Waals surface area contributed by atoms with Crippen LogP contribution >= 0.6 is 23.5 Å². The monoisotopic (exact) mass is 1400 g/mol. The van der Waals surface area contributed by atoms with Crippen LogP contribution in [0.25, 0.3) is 0 Å². The van der Waals surface area contributed by atoms with Crippen LogP contribution in [-0.4, -0.2) is 203 Å². The van der Waals surface area contributed by atoms with Gasteiger partial charge in [0.05, 0.1) is 49.2 Å². The fourth-order valence-corrected chi connectivity index (χ4v) is 11.2. The van der Waals surface area contributed by atoms with Crippen LogP contribution in [0.4, 0.5) is 5.69 Å². The summed E-state index contributed by atoms with van der Waals surface area (Å²) in [6.45, 7) is 21.6. The number of thioether (sulfide) groups is 2. The Morgan fingerprint density at radius 2 is 0.875 bits per heavy atom. The van der Waals surface area contributed by atoms with E-state index < -0.39 is 47.1 Å². The number of fused-ring (bicyclic) bond motifs is 1. The minimum Gasteiger partial charge on any atom is -0.391 e. The summed E-state index contributed by atoms with van der Waals surface area (Å²) in [4.78, 5) is 118. The fraction of sp³-hybridized carbons (Fsp3) is 0.600. The molecule has 0 bridgehead atoms. The van der Waals surface area contributed by atoms with Gasteiger partial charge in [0.1, 0.15) is 6.04 Å². The molecule has 21 N–H and O–H groups in total. The van der Waals surface area contributed by atoms with Gasteiger partial charge >= 0.3 is 0 Å². The third kappa shape index (κ3) is 36.0. The van der Waals surface area contributed by atoms with Crippen molar-refractivity contribution in [2.24, 2.45) is 58.3 Å². The van der Waals surface area contributed by atoms with Gasteiger partial charge < -0.3 is 91.7 Å². The van der Waals surface area contributed by atoms with E-state index in [2.05, 4.69) is 53.2 Å². The first-order valence-corrected chi connectivity index (χ1v) is 35.9. The Balaban J connectivity index is 0.000000409. The molecule has 96 heavy (non-hydrogen) atoms. The van der Waals surface area contributed by atoms with E-state index in [9.17, 15) is 57.3 Å². The molecule has 0 saturated heterocycles. The zero-order chi connectivity index (χ0) is 72.0. The highest BCUT2D eigenvalue weighted by molar-refractivity contribution is 7.99. The number of carbonyl (C=O) groups excluding carboxylic acids is 10. The molecule has 0 fully saturated rings. The summed E-state index contributed by atoms with van der Waals surface area (Å²) in [6, 6.07) is 3.19. The van der Waals surface area contributed by atoms with Crippen molar-refractivity contribution in [2.45, 2.75) is 153 Å². The number of ether oxygens (including phenoxy) is 1. The topological polar surface area (TPSA) is 468 Å². The first-order valence-electron chi connectivity index (χ1n) is 32.3. The molecule has 0 radical (unpaired) electrons. The van der Waals surface area contributed by atoms with Crippen molar-refractivity contribution < 1.29 is 62.0 Å². The zero-order valence-corrected chi connectivity index (χ0v) is 59.4. The molecule has 1 aromatic carbocycles. The van der Waals surface area contributed by atoms with Gasteiger partial charge in [-0.1, -0.05) is 112 Å². The van der Waals surface area contributed by atoms with Crippen molar-refractivity contribution in [3.8, 4) is 0 Å². The number of hydrogen-bond acceptors (Lipinski definition) is 20. The number of anilines is 1. The lowest BCUT2D eigenvalue weighted by molar-refractivity contribution is -0.125. The molecule has 12 atom stereocenters. The lowest BCUT2D eigenvalue weighted by atomic mass is 10.0. The summed E-state index contributed by atoms with van der Waals surface area (Å²) >= 11 is 3.03. The Morgan fingerprint density at radius 1 is 0.479 bits per heavy atom. The van der Waals surface area contributed by atoms with E-state index >= 15 is 0 Å². The predicted molar refractivity (Wildman–Crippen MR) is 379 cm³/mol. The molecule has 0 aliphatic carbocycles. The summed E-state index contributed by atoms with van der Waals surface area (Å²) in [5.41, 5.74) is 29.7. The van der Waals surface area contributed by atoms with Crippen molar-refractivity contribution in [1.29, 1.82) is 0 Å². The van der Waals surface area contributed by atoms with Gasteiger partial charge in [0.25, 0.3) is 0 Å². The van der Waals surface area contributed by atoms with Gasteiger partial charge in [-0.2, -0.15) is 11.8 Å². The van der Waals surface area contributed by atoms with E-state index in [4.69, 9.17) is 33.4 Å². The second-order valence-corrected chi connectivity index (χ2v) is 28.7. The first kappa shape index (κ1) is 85.3. The van der Waals surface area contributed by atoms with E-state index in [-0.39, 0.29) is 138 Å². The number of amides is 10. The Labute approximate surface area is 576 Å². The summed E-state index contributed by atoms with van der Waals surface area (Å²) in [7, 11) is -1.21. The maximum Gasteiger partial charge on any atom is 0.248 e. The lowest BCUT2D eigenvalue weighted by Gasteiger charge is -2.22. The molecular weight excluding hydrogens is 1300 g/mol. The number of aliphatic hydroxyl groups is 1. The average molecular weight is 1400 g/mol. The normalized spacial score (nSPS) is 29.1. The van der Waals surface area contributed by atoms with Crippen molar-refractivity contribution >= 4 is 99.1 Å². The smallest absolute Gasteiger partial charge is 0.248 e. The minimum absolute atomic E-state index is 0.107. The van der Waals surface area contributed by atoms with Crippen LogP contribution in [0.1, 0.15) is 82.1 Å². The second-order valence-electron chi connectivity index (χ2n) is 24.8. The third-order valence-electron chi connectivity index (χ3n) is 14.7. The van der Waals surface area contributed by atoms with Gasteiger partial charge in [-0.3, -0.25) is 52.2 Å². The lowest BCUT2D eigenvalue weighted by Crippen LogP contribution is -2.49. The number of para-hydroxylation sites is 1. The van der Waals surface area contributed by atoms with Gasteiger partial charge in [-0.15, -0.1) is 11.8 Å². The highest BCUT2D eigenvalue weighted by Gasteiger charge is 2.26. The maximum absolute atomic E-state index is 12.2. The van der Waals surface area contributed by atoms with Gasteiger partial charge in [-0.25, -0.2) is 0 Å². The number of carbonyl (C=O) groups is 10. The van der Waals surface area contributed by atoms with Crippen molar-refractivity contribution in [3.05, 3.63) is 85.0 Å². The average Bonchev–Trinajstić information content (AvgIpc) is 0.947. The Kier molecular flexibility index (Phi) is 41.2. The summed E-state index contributed by atoms with van der Waals surface area (Å²) < 4.78 is 16.9. The Morgan fingerprint density at radius 3 is 1.35 bits per heavy atom. The molecule has 31 heteroatoms. The molecule has 1 aromatic rings. The molecule has 6 rings (SSSR count). The van der Waals surface area contributed by atoms with Crippen LogP contribution in [0.2, 0.25) is 0 Å². The van der Waals surface area contributed by atoms with Crippen LogP contribution in [0.3, 0.4) is 0 Å². The molecule has 1 unspecified atom stereocenters. The van der Waals surface area contributed by atoms with Crippen molar-refractivity contribution in [2.75, 3.05) is 73.5 Å². The number of β-amino-alcohol motifs (C(OH)–C–C–N with tert-alkyl or cyclic N) is 1. The number of benzene rings is 1. The molecule has 5 heterocycles. The molecule has 28 nitrogen and oxygen atoms in total. The summed E-state index contributed by atoms with van der Waals surface area (Å²) in [6.07, 6.45) is 15.6. The molecule has 0 saturated carbocycles. The van der Waals surface area contributed by atoms with Gasteiger partial charge in [-0.05, 0) is 54.6 Å². The van der Waals surface area contributed by atoms with Crippen LogP contribution < -0.4 is 81.8 Å². The van der Waals surface area contributed by atoms with E-state index in [0.717, 1.165) is 16.3 Å². The van der Waals surface area contributed by atoms with E-state index in [0.29, 0.717) is 56.3 Å². The standard InChI is InChI=1S/C16H21N3O2S.C13H23N3O3.C12H21N3O3S.C12H21N3O3.C12H21N3O2S/c1-10(2)12-7-8-15(20)18-13-5-3-4-6-14(13)22-9-11(17)16(21)19-12;1-8(2)11-5-6-12(18)15-7-9(17)3-4-10(14)13(19)16-11;1-8(2)10-3-4-11(16)14-5-6-19(18)7-9(13)12(17)15-10;2*1-8(2)10-3-4-11(16)14-5-6-18-7-9(13)12(17)15-10/h3-8,10-12H,9,17H2,1-2H3,(H,18,20)(H,19,21);5-6,8-11,17H,3-4,7,14H2,1-2H3,(H,15,18)(H,16,19);3-4,8-10H,5-7,13H2,1-2H3,(H,14,16)(H,15,17);2*3-4,8-10H,5-7,13H2,1-2H3,(H,14,16)(H,15,17)/b8-7+;6-5+;3*4-3+/t11-,12+;9-,10+,11-;9-,10+,19?;2*9-,10+/m01000/s1. The van der Waals surface area contributed by atoms with Gasteiger partial charge in [0.2, 0.25) is 59.1 Å². The SMILES string of the molecule is CC(C)[C@H]1/C=C/C(=O)NCCOC[C@H](N)C(=O)N1.CC(C)[C@H]1/C=C/C(=O)NCCS(=O)C[C@H](N)C(=O)N1.CC(C)[C@H]1/C=C/C(=O)NCCSC[C@H](N)C(=O)N1.CC(C)[C@H]1/C=C/C(=O)NC[C@H](O)CC[C@H](N)C(=O)N1.CC(C)[C@H]1/C=C/C(=O)Nc2ccccc2SC[C@H](N)C(=O)N1. The van der Waals surface area contributed by atoms with Crippen LogP contribution in [0, 0.1) is 29.6 Å². The molecule has 0 aromatic heterocycles. The highest BCUT2D eigenvalue weighted by atomic mass is 32.2. The van der Waals surface area contributed by atoms with E-state index in [1.54, 1.807) is 42.1 Å². The van der Waals surface area contributed by atoms with Crippen LogP contribution in [0.15, 0.2) is 89.9 Å². The van der Waals surface area contributed by atoms with Crippen molar-refractivity contribution in [3.63, 3.8) is 0 Å². The highest BCUT2D eigenvalue weighted by Crippen LogP contribution is 2.28. The van der Waals surface area contributed by atoms with E-state index in [1.807, 2.05) is 93.5 Å².